The Labute approximate surface area is 358 Å². The number of rotatable bonds is 8. The summed E-state index contributed by atoms with van der Waals surface area (Å²) in [6, 6.07) is 76.2. The molecule has 0 aliphatic rings. The molecule has 4 nitrogen and oxygen atoms in total. The van der Waals surface area contributed by atoms with Crippen LogP contribution in [0, 0.1) is 0 Å². The fourth-order valence-corrected chi connectivity index (χ4v) is 9.16. The molecule has 286 valence electrons. The third kappa shape index (κ3) is 7.18. The van der Waals surface area contributed by atoms with Crippen LogP contribution in [0.2, 0.25) is 0 Å². The van der Waals surface area contributed by atoms with Crippen molar-refractivity contribution >= 4 is 31.6 Å². The van der Waals surface area contributed by atoms with Crippen molar-refractivity contribution in [3.05, 3.63) is 218 Å². The topological polar surface area (TPSA) is 51.6 Å². The number of aromatic nitrogens is 4. The van der Waals surface area contributed by atoms with Crippen LogP contribution in [0.15, 0.2) is 218 Å². The van der Waals surface area contributed by atoms with Crippen molar-refractivity contribution in [1.82, 2.24) is 19.9 Å². The molecule has 0 aliphatic carbocycles. The van der Waals surface area contributed by atoms with E-state index in [0.29, 0.717) is 11.6 Å². The van der Waals surface area contributed by atoms with Crippen LogP contribution in [-0.2, 0) is 0 Å². The molecule has 0 unspecified atom stereocenters. The summed E-state index contributed by atoms with van der Waals surface area (Å²) < 4.78 is 2.25. The second-order valence-corrected chi connectivity index (χ2v) is 16.1. The van der Waals surface area contributed by atoms with Gasteiger partial charge >= 0.3 is 0 Å². The van der Waals surface area contributed by atoms with Crippen LogP contribution < -0.4 is 0 Å². The van der Waals surface area contributed by atoms with Crippen LogP contribution in [0.25, 0.3) is 110 Å². The van der Waals surface area contributed by atoms with Gasteiger partial charge in [0.1, 0.15) is 0 Å². The van der Waals surface area contributed by atoms with Crippen molar-refractivity contribution in [3.63, 3.8) is 0 Å². The first-order chi connectivity index (χ1) is 30.2. The molecular formula is C56H36N4S. The average molecular weight is 797 g/mol. The highest BCUT2D eigenvalue weighted by molar-refractivity contribution is 7.26. The van der Waals surface area contributed by atoms with Crippen molar-refractivity contribution < 1.29 is 0 Å². The van der Waals surface area contributed by atoms with E-state index in [2.05, 4.69) is 200 Å². The maximum absolute atomic E-state index is 5.32. The highest BCUT2D eigenvalue weighted by Crippen LogP contribution is 2.40. The molecule has 0 bridgehead atoms. The lowest BCUT2D eigenvalue weighted by molar-refractivity contribution is 1.18. The van der Waals surface area contributed by atoms with E-state index in [1.807, 2.05) is 18.2 Å². The molecule has 8 aromatic carbocycles. The van der Waals surface area contributed by atoms with Gasteiger partial charge in [-0.2, -0.15) is 0 Å². The summed E-state index contributed by atoms with van der Waals surface area (Å²) in [5.41, 5.74) is 15.4. The summed E-state index contributed by atoms with van der Waals surface area (Å²) in [5, 5.41) is 1.13. The molecule has 11 rings (SSSR count). The highest BCUT2D eigenvalue weighted by Gasteiger charge is 2.18. The molecule has 0 aliphatic heterocycles. The summed E-state index contributed by atoms with van der Waals surface area (Å²) in [4.78, 5) is 21.0. The lowest BCUT2D eigenvalue weighted by atomic mass is 9.99. The number of benzene rings is 8. The molecule has 0 saturated heterocycles. The number of hydrogen-bond donors (Lipinski definition) is 0. The predicted octanol–water partition coefficient (Wildman–Crippen LogP) is 15.0. The Hall–Kier alpha value is -7.86. The molecule has 0 atom stereocenters. The lowest BCUT2D eigenvalue weighted by Crippen LogP contribution is -1.97. The molecule has 3 heterocycles. The van der Waals surface area contributed by atoms with Gasteiger partial charge in [0.2, 0.25) is 0 Å². The zero-order valence-electron chi connectivity index (χ0n) is 33.0. The first kappa shape index (κ1) is 36.2. The minimum Gasteiger partial charge on any atom is -0.228 e. The van der Waals surface area contributed by atoms with E-state index in [9.17, 15) is 0 Å². The van der Waals surface area contributed by atoms with Crippen LogP contribution in [0.1, 0.15) is 0 Å². The van der Waals surface area contributed by atoms with Crippen LogP contribution in [-0.4, -0.2) is 19.9 Å². The molecule has 0 saturated carbocycles. The van der Waals surface area contributed by atoms with E-state index < -0.39 is 0 Å². The average Bonchev–Trinajstić information content (AvgIpc) is 3.73. The van der Waals surface area contributed by atoms with Crippen molar-refractivity contribution in [1.29, 1.82) is 0 Å². The number of fused-ring (bicyclic) bond motifs is 3. The van der Waals surface area contributed by atoms with Crippen LogP contribution in [0.5, 0.6) is 0 Å². The van der Waals surface area contributed by atoms with Crippen molar-refractivity contribution in [3.8, 4) is 89.9 Å². The fraction of sp³-hybridized carbons (Fsp3) is 0. The van der Waals surface area contributed by atoms with E-state index in [0.717, 1.165) is 93.9 Å². The lowest BCUT2D eigenvalue weighted by Gasteiger charge is -2.12. The summed E-state index contributed by atoms with van der Waals surface area (Å²) in [6.45, 7) is 0. The monoisotopic (exact) mass is 796 g/mol. The van der Waals surface area contributed by atoms with Gasteiger partial charge in [0.05, 0.1) is 27.3 Å². The number of thiophene rings is 1. The molecule has 0 radical (unpaired) electrons. The van der Waals surface area contributed by atoms with E-state index in [-0.39, 0.29) is 0 Å². The van der Waals surface area contributed by atoms with E-state index in [1.54, 1.807) is 11.3 Å². The molecule has 0 spiro atoms. The van der Waals surface area contributed by atoms with Crippen LogP contribution in [0.4, 0.5) is 0 Å². The third-order valence-corrected chi connectivity index (χ3v) is 12.3. The van der Waals surface area contributed by atoms with E-state index in [1.165, 1.54) is 4.70 Å². The second kappa shape index (κ2) is 15.7. The molecule has 0 fully saturated rings. The maximum Gasteiger partial charge on any atom is 0.160 e. The Morgan fingerprint density at radius 1 is 0.279 bits per heavy atom. The Bertz CT molecular complexity index is 3240. The maximum atomic E-state index is 5.32. The van der Waals surface area contributed by atoms with Gasteiger partial charge in [-0.1, -0.05) is 188 Å². The molecule has 0 N–H and O–H groups in total. The SMILES string of the molecule is c1ccc(-c2cccc(-c3cc(-c4cccc(-c5ccccc5)c4)nc(-c4ccc(-c5nc(-c6cccc(-c7ccccc7)c6)nc6c5sc5ccccc56)cc4)n3)c2)cc1. The molecular weight excluding hydrogens is 761 g/mol. The van der Waals surface area contributed by atoms with Crippen LogP contribution in [0.3, 0.4) is 0 Å². The van der Waals surface area contributed by atoms with Gasteiger partial charge in [0.25, 0.3) is 0 Å². The summed E-state index contributed by atoms with van der Waals surface area (Å²) >= 11 is 1.74. The molecule has 3 aromatic heterocycles. The van der Waals surface area contributed by atoms with Crippen molar-refractivity contribution in [2.24, 2.45) is 0 Å². The number of nitrogens with zero attached hydrogens (tertiary/aromatic N) is 4. The largest absolute Gasteiger partial charge is 0.228 e. The Kier molecular flexibility index (Phi) is 9.34. The fourth-order valence-electron chi connectivity index (χ4n) is 8.01. The zero-order valence-corrected chi connectivity index (χ0v) is 33.8. The smallest absolute Gasteiger partial charge is 0.160 e. The molecule has 61 heavy (non-hydrogen) atoms. The Balaban J connectivity index is 1.03. The van der Waals surface area contributed by atoms with Gasteiger partial charge in [0, 0.05) is 37.9 Å². The quantitative estimate of drug-likeness (QED) is 0.154. The summed E-state index contributed by atoms with van der Waals surface area (Å²) in [5.74, 6) is 1.35. The molecule has 5 heteroatoms. The first-order valence-corrected chi connectivity index (χ1v) is 21.2. The highest BCUT2D eigenvalue weighted by atomic mass is 32.1. The minimum absolute atomic E-state index is 0.655. The third-order valence-electron chi connectivity index (χ3n) is 11.1. The van der Waals surface area contributed by atoms with Gasteiger partial charge in [0.15, 0.2) is 11.6 Å². The van der Waals surface area contributed by atoms with Gasteiger partial charge < -0.3 is 0 Å². The van der Waals surface area contributed by atoms with Gasteiger partial charge in [-0.3, -0.25) is 0 Å². The predicted molar refractivity (Wildman–Crippen MR) is 254 cm³/mol. The van der Waals surface area contributed by atoms with E-state index >= 15 is 0 Å². The number of hydrogen-bond acceptors (Lipinski definition) is 5. The normalized spacial score (nSPS) is 11.3. The van der Waals surface area contributed by atoms with E-state index in [4.69, 9.17) is 19.9 Å². The molecule has 0 amide bonds. The van der Waals surface area contributed by atoms with Gasteiger partial charge in [-0.05, 0) is 63.7 Å². The van der Waals surface area contributed by atoms with Gasteiger partial charge in [-0.25, -0.2) is 19.9 Å². The summed E-state index contributed by atoms with van der Waals surface area (Å²) in [7, 11) is 0. The zero-order chi connectivity index (χ0) is 40.5. The Morgan fingerprint density at radius 3 is 1.26 bits per heavy atom. The second-order valence-electron chi connectivity index (χ2n) is 15.1. The summed E-state index contributed by atoms with van der Waals surface area (Å²) in [6.07, 6.45) is 0. The minimum atomic E-state index is 0.655. The first-order valence-electron chi connectivity index (χ1n) is 20.4. The van der Waals surface area contributed by atoms with Gasteiger partial charge in [-0.15, -0.1) is 11.3 Å². The van der Waals surface area contributed by atoms with Crippen LogP contribution >= 0.6 is 11.3 Å². The molecule has 11 aromatic rings. The Morgan fingerprint density at radius 2 is 0.705 bits per heavy atom. The van der Waals surface area contributed by atoms with Crippen molar-refractivity contribution in [2.45, 2.75) is 0 Å². The standard InChI is InChI=1S/C56H36N4S/c1-4-15-37(16-5-1)42-21-12-24-45(33-42)49-36-50(46-25-13-22-43(34-46)38-17-6-2-7-18-38)58-55(57-49)41-31-29-40(30-32-41)52-54-53(48-27-10-11-28-51(48)61-54)60-56(59-52)47-26-14-23-44(35-47)39-19-8-3-9-20-39/h1-36H. The van der Waals surface area contributed by atoms with Crippen molar-refractivity contribution in [2.75, 3.05) is 0 Å².